The number of rotatable bonds is 5. The number of aliphatic imine (C=N–C) groups is 1. The lowest BCUT2D eigenvalue weighted by Crippen LogP contribution is -2.49. The Hall–Kier alpha value is -1.20. The van der Waals surface area contributed by atoms with Crippen LogP contribution in [0.2, 0.25) is 0 Å². The molecule has 0 aromatic rings. The minimum Gasteiger partial charge on any atom is -0.396 e. The molecular formula is C15H24FN3O. The van der Waals surface area contributed by atoms with Gasteiger partial charge in [0.05, 0.1) is 0 Å². The summed E-state index contributed by atoms with van der Waals surface area (Å²) in [5.41, 5.74) is 1.02. The monoisotopic (exact) mass is 281 g/mol. The van der Waals surface area contributed by atoms with E-state index in [1.807, 2.05) is 11.1 Å². The van der Waals surface area contributed by atoms with E-state index >= 15 is 0 Å². The van der Waals surface area contributed by atoms with Gasteiger partial charge in [-0.05, 0) is 24.3 Å². The van der Waals surface area contributed by atoms with Gasteiger partial charge in [-0.25, -0.2) is 9.38 Å². The summed E-state index contributed by atoms with van der Waals surface area (Å²) in [7, 11) is 0. The highest BCUT2D eigenvalue weighted by atomic mass is 19.1. The molecule has 2 N–H and O–H groups in total. The number of halogens is 1. The molecule has 2 aliphatic rings. The molecular weight excluding hydrogens is 257 g/mol. The highest BCUT2D eigenvalue weighted by Gasteiger charge is 2.26. The van der Waals surface area contributed by atoms with E-state index in [1.54, 1.807) is 6.08 Å². The summed E-state index contributed by atoms with van der Waals surface area (Å²) in [6.07, 6.45) is 4.58. The fourth-order valence-corrected chi connectivity index (χ4v) is 2.61. The van der Waals surface area contributed by atoms with Crippen LogP contribution >= 0.6 is 0 Å². The van der Waals surface area contributed by atoms with Gasteiger partial charge in [0, 0.05) is 45.4 Å². The predicted molar refractivity (Wildman–Crippen MR) is 79.5 cm³/mol. The van der Waals surface area contributed by atoms with E-state index in [-0.39, 0.29) is 12.5 Å². The molecule has 0 spiro atoms. The van der Waals surface area contributed by atoms with Crippen LogP contribution in [0.25, 0.3) is 0 Å². The van der Waals surface area contributed by atoms with E-state index in [0.29, 0.717) is 12.3 Å². The molecule has 0 radical (unpaired) electrons. The SMILES string of the molecule is C=CC(CO)CCC1=CN=C(N2CCNCC2)C(F)C1. The van der Waals surface area contributed by atoms with Crippen LogP contribution in [0.3, 0.4) is 0 Å². The van der Waals surface area contributed by atoms with E-state index in [1.165, 1.54) is 0 Å². The summed E-state index contributed by atoms with van der Waals surface area (Å²) in [6, 6.07) is 0. The summed E-state index contributed by atoms with van der Waals surface area (Å²) < 4.78 is 14.3. The van der Waals surface area contributed by atoms with E-state index in [4.69, 9.17) is 5.11 Å². The van der Waals surface area contributed by atoms with Crippen LogP contribution < -0.4 is 5.32 Å². The maximum absolute atomic E-state index is 14.3. The summed E-state index contributed by atoms with van der Waals surface area (Å²) in [5, 5.41) is 12.4. The van der Waals surface area contributed by atoms with Crippen molar-refractivity contribution in [3.8, 4) is 0 Å². The Bertz CT molecular complexity index is 389. The molecule has 1 saturated heterocycles. The predicted octanol–water partition coefficient (Wildman–Crippen LogP) is 1.49. The zero-order chi connectivity index (χ0) is 14.4. The number of piperazine rings is 1. The summed E-state index contributed by atoms with van der Waals surface area (Å²) in [6.45, 7) is 7.22. The second-order valence-corrected chi connectivity index (χ2v) is 5.40. The van der Waals surface area contributed by atoms with Gasteiger partial charge < -0.3 is 15.3 Å². The molecule has 1 fully saturated rings. The van der Waals surface area contributed by atoms with Crippen LogP contribution in [0.15, 0.2) is 29.4 Å². The zero-order valence-electron chi connectivity index (χ0n) is 11.9. The van der Waals surface area contributed by atoms with Gasteiger partial charge in [0.25, 0.3) is 0 Å². The molecule has 4 nitrogen and oxygen atoms in total. The number of aliphatic hydroxyl groups excluding tert-OH is 1. The van der Waals surface area contributed by atoms with Gasteiger partial charge >= 0.3 is 0 Å². The van der Waals surface area contributed by atoms with Gasteiger partial charge in [-0.2, -0.15) is 0 Å². The fraction of sp³-hybridized carbons (Fsp3) is 0.667. The first kappa shape index (κ1) is 15.2. The van der Waals surface area contributed by atoms with Crippen molar-refractivity contribution >= 4 is 5.84 Å². The molecule has 112 valence electrons. The average Bonchev–Trinajstić information content (AvgIpc) is 2.49. The van der Waals surface area contributed by atoms with Crippen molar-refractivity contribution in [2.24, 2.45) is 10.9 Å². The van der Waals surface area contributed by atoms with E-state index in [0.717, 1.165) is 44.6 Å². The minimum atomic E-state index is -0.996. The van der Waals surface area contributed by atoms with E-state index < -0.39 is 6.17 Å². The fourth-order valence-electron chi connectivity index (χ4n) is 2.61. The first-order valence-electron chi connectivity index (χ1n) is 7.33. The molecule has 0 aromatic carbocycles. The lowest BCUT2D eigenvalue weighted by molar-refractivity contribution is 0.245. The minimum absolute atomic E-state index is 0.0903. The van der Waals surface area contributed by atoms with Gasteiger partial charge in [0.2, 0.25) is 0 Å². The first-order valence-corrected chi connectivity index (χ1v) is 7.33. The smallest absolute Gasteiger partial charge is 0.161 e. The third-order valence-corrected chi connectivity index (χ3v) is 3.95. The number of aliphatic hydroxyl groups is 1. The topological polar surface area (TPSA) is 47.9 Å². The molecule has 2 aliphatic heterocycles. The van der Waals surface area contributed by atoms with Crippen molar-refractivity contribution in [3.63, 3.8) is 0 Å². The van der Waals surface area contributed by atoms with Crippen molar-refractivity contribution in [2.75, 3.05) is 32.8 Å². The first-order chi connectivity index (χ1) is 9.74. The molecule has 2 unspecified atom stereocenters. The summed E-state index contributed by atoms with van der Waals surface area (Å²) >= 11 is 0. The highest BCUT2D eigenvalue weighted by Crippen LogP contribution is 2.24. The van der Waals surface area contributed by atoms with Crippen LogP contribution in [0.1, 0.15) is 19.3 Å². The number of amidine groups is 1. The Balaban J connectivity index is 1.92. The molecule has 0 amide bonds. The highest BCUT2D eigenvalue weighted by molar-refractivity contribution is 5.88. The Labute approximate surface area is 120 Å². The molecule has 0 aliphatic carbocycles. The number of hydrogen-bond donors (Lipinski definition) is 2. The zero-order valence-corrected chi connectivity index (χ0v) is 11.9. The Morgan fingerprint density at radius 2 is 2.30 bits per heavy atom. The Kier molecular flexibility index (Phi) is 5.73. The largest absolute Gasteiger partial charge is 0.396 e. The van der Waals surface area contributed by atoms with Gasteiger partial charge in [-0.1, -0.05) is 6.08 Å². The molecule has 2 atom stereocenters. The second kappa shape index (κ2) is 7.55. The maximum Gasteiger partial charge on any atom is 0.161 e. The van der Waals surface area contributed by atoms with Crippen molar-refractivity contribution in [3.05, 3.63) is 24.4 Å². The van der Waals surface area contributed by atoms with Crippen LogP contribution in [0.4, 0.5) is 4.39 Å². The van der Waals surface area contributed by atoms with Crippen molar-refractivity contribution in [1.82, 2.24) is 10.2 Å². The number of nitrogens with one attached hydrogen (secondary N) is 1. The van der Waals surface area contributed by atoms with E-state index in [9.17, 15) is 4.39 Å². The molecule has 5 heteroatoms. The maximum atomic E-state index is 14.3. The molecule has 20 heavy (non-hydrogen) atoms. The van der Waals surface area contributed by atoms with Gasteiger partial charge in [-0.15, -0.1) is 6.58 Å². The summed E-state index contributed by atoms with van der Waals surface area (Å²) in [5.74, 6) is 0.671. The third kappa shape index (κ3) is 3.90. The number of alkyl halides is 1. The number of hydrogen-bond acceptors (Lipinski definition) is 4. The Morgan fingerprint density at radius 1 is 1.55 bits per heavy atom. The second-order valence-electron chi connectivity index (χ2n) is 5.40. The average molecular weight is 281 g/mol. The lowest BCUT2D eigenvalue weighted by atomic mass is 9.96. The van der Waals surface area contributed by atoms with Crippen LogP contribution in [-0.2, 0) is 0 Å². The third-order valence-electron chi connectivity index (χ3n) is 3.95. The quantitative estimate of drug-likeness (QED) is 0.751. The van der Waals surface area contributed by atoms with Crippen LogP contribution in [0, 0.1) is 5.92 Å². The molecule has 0 bridgehead atoms. The lowest BCUT2D eigenvalue weighted by Gasteiger charge is -2.33. The number of allylic oxidation sites excluding steroid dienone is 1. The molecule has 2 rings (SSSR count). The standard InChI is InChI=1S/C15H24FN3O/c1-2-12(11-20)3-4-13-9-14(16)15(18-10-13)19-7-5-17-6-8-19/h2,10,12,14,17,20H,1,3-9,11H2. The van der Waals surface area contributed by atoms with Gasteiger partial charge in [-0.3, -0.25) is 0 Å². The molecule has 0 aromatic heterocycles. The van der Waals surface area contributed by atoms with Crippen LogP contribution in [0.5, 0.6) is 0 Å². The van der Waals surface area contributed by atoms with E-state index in [2.05, 4.69) is 16.9 Å². The van der Waals surface area contributed by atoms with Crippen molar-refractivity contribution in [1.29, 1.82) is 0 Å². The normalized spacial score (nSPS) is 24.9. The number of nitrogens with zero attached hydrogens (tertiary/aromatic N) is 2. The van der Waals surface area contributed by atoms with Crippen molar-refractivity contribution < 1.29 is 9.50 Å². The van der Waals surface area contributed by atoms with Crippen LogP contribution in [-0.4, -0.2) is 54.8 Å². The van der Waals surface area contributed by atoms with Gasteiger partial charge in [0.1, 0.15) is 5.84 Å². The summed E-state index contributed by atoms with van der Waals surface area (Å²) in [4.78, 5) is 6.37. The Morgan fingerprint density at radius 3 is 2.90 bits per heavy atom. The molecule has 0 saturated carbocycles. The van der Waals surface area contributed by atoms with Gasteiger partial charge in [0.15, 0.2) is 6.17 Å². The van der Waals surface area contributed by atoms with Crippen molar-refractivity contribution in [2.45, 2.75) is 25.4 Å². The molecule has 2 heterocycles.